The number of carbonyl (C=O) groups excluding carboxylic acids is 1. The molecule has 3 rings (SSSR count). The number of amides is 1. The number of fused-ring (bicyclic) bond motifs is 1. The second kappa shape index (κ2) is 5.82. The molecule has 1 aliphatic heterocycles. The Bertz CT molecular complexity index is 327. The number of rotatable bonds is 3. The van der Waals surface area contributed by atoms with Crippen LogP contribution in [0.25, 0.3) is 0 Å². The van der Waals surface area contributed by atoms with Crippen molar-refractivity contribution >= 4 is 5.91 Å². The maximum atomic E-state index is 12.4. The van der Waals surface area contributed by atoms with Crippen molar-refractivity contribution < 1.29 is 4.79 Å². The topological polar surface area (TPSA) is 41.1 Å². The molecule has 0 aromatic carbocycles. The Balaban J connectivity index is 1.49. The molecule has 0 aromatic rings. The van der Waals surface area contributed by atoms with Gasteiger partial charge in [-0.15, -0.1) is 0 Å². The van der Waals surface area contributed by atoms with Crippen molar-refractivity contribution in [2.75, 3.05) is 0 Å². The predicted octanol–water partition coefficient (Wildman–Crippen LogP) is 2.60. The first-order chi connectivity index (χ1) is 9.24. The summed E-state index contributed by atoms with van der Waals surface area (Å²) in [6, 6.07) is 1.05. The summed E-state index contributed by atoms with van der Waals surface area (Å²) in [6.07, 6.45) is 11.6. The van der Waals surface area contributed by atoms with Gasteiger partial charge in [0.1, 0.15) is 0 Å². The molecule has 2 aliphatic carbocycles. The van der Waals surface area contributed by atoms with E-state index in [4.69, 9.17) is 0 Å². The number of nitrogens with one attached hydrogen (secondary N) is 2. The Hall–Kier alpha value is -0.570. The SMILES string of the molecule is CC(NC(=O)C1CCC2CCCCC2N1)C1CCC1. The molecule has 0 radical (unpaired) electrons. The summed E-state index contributed by atoms with van der Waals surface area (Å²) in [6.45, 7) is 2.17. The van der Waals surface area contributed by atoms with Gasteiger partial charge in [0.05, 0.1) is 6.04 Å². The first-order valence-corrected chi connectivity index (χ1v) is 8.30. The van der Waals surface area contributed by atoms with Crippen molar-refractivity contribution in [1.29, 1.82) is 0 Å². The third-order valence-corrected chi connectivity index (χ3v) is 5.69. The van der Waals surface area contributed by atoms with Crippen LogP contribution in [0.4, 0.5) is 0 Å². The van der Waals surface area contributed by atoms with E-state index >= 15 is 0 Å². The lowest BCUT2D eigenvalue weighted by molar-refractivity contribution is -0.125. The van der Waals surface area contributed by atoms with Gasteiger partial charge >= 0.3 is 0 Å². The quantitative estimate of drug-likeness (QED) is 0.822. The van der Waals surface area contributed by atoms with Gasteiger partial charge in [-0.25, -0.2) is 0 Å². The highest BCUT2D eigenvalue weighted by Crippen LogP contribution is 2.33. The molecule has 3 fully saturated rings. The van der Waals surface area contributed by atoms with Crippen LogP contribution in [-0.4, -0.2) is 24.0 Å². The van der Waals surface area contributed by atoms with E-state index in [0.717, 1.165) is 18.3 Å². The highest BCUT2D eigenvalue weighted by Gasteiger charge is 2.35. The maximum absolute atomic E-state index is 12.4. The highest BCUT2D eigenvalue weighted by molar-refractivity contribution is 5.82. The first-order valence-electron chi connectivity index (χ1n) is 8.30. The van der Waals surface area contributed by atoms with Crippen LogP contribution in [0, 0.1) is 11.8 Å². The van der Waals surface area contributed by atoms with Crippen LogP contribution in [0.5, 0.6) is 0 Å². The van der Waals surface area contributed by atoms with Crippen molar-refractivity contribution in [3.63, 3.8) is 0 Å². The van der Waals surface area contributed by atoms with Gasteiger partial charge in [-0.05, 0) is 57.3 Å². The lowest BCUT2D eigenvalue weighted by Crippen LogP contribution is -2.56. The van der Waals surface area contributed by atoms with Crippen molar-refractivity contribution in [3.8, 4) is 0 Å². The van der Waals surface area contributed by atoms with Crippen LogP contribution in [-0.2, 0) is 4.79 Å². The summed E-state index contributed by atoms with van der Waals surface area (Å²) in [5, 5.41) is 6.87. The molecule has 4 atom stereocenters. The van der Waals surface area contributed by atoms with Crippen LogP contribution >= 0.6 is 0 Å². The van der Waals surface area contributed by atoms with Crippen molar-refractivity contribution in [2.45, 2.75) is 82.8 Å². The molecule has 1 saturated heterocycles. The molecule has 4 unspecified atom stereocenters. The summed E-state index contributed by atoms with van der Waals surface area (Å²) >= 11 is 0. The molecule has 3 heteroatoms. The summed E-state index contributed by atoms with van der Waals surface area (Å²) in [4.78, 5) is 12.4. The minimum absolute atomic E-state index is 0.0712. The third kappa shape index (κ3) is 2.96. The minimum Gasteiger partial charge on any atom is -0.352 e. The Morgan fingerprint density at radius 1 is 1.05 bits per heavy atom. The highest BCUT2D eigenvalue weighted by atomic mass is 16.2. The number of piperidine rings is 1. The lowest BCUT2D eigenvalue weighted by atomic mass is 9.77. The van der Waals surface area contributed by atoms with Crippen LogP contribution in [0.3, 0.4) is 0 Å². The second-order valence-electron chi connectivity index (χ2n) is 6.94. The average molecular weight is 264 g/mol. The van der Waals surface area contributed by atoms with E-state index < -0.39 is 0 Å². The fourth-order valence-electron chi connectivity index (χ4n) is 4.08. The molecule has 0 spiro atoms. The molecule has 3 nitrogen and oxygen atoms in total. The minimum atomic E-state index is 0.0712. The summed E-state index contributed by atoms with van der Waals surface area (Å²) in [5.41, 5.74) is 0. The molecule has 108 valence electrons. The number of hydrogen-bond acceptors (Lipinski definition) is 2. The molecule has 0 bridgehead atoms. The zero-order valence-corrected chi connectivity index (χ0v) is 12.2. The maximum Gasteiger partial charge on any atom is 0.237 e. The molecule has 19 heavy (non-hydrogen) atoms. The second-order valence-corrected chi connectivity index (χ2v) is 6.94. The largest absolute Gasteiger partial charge is 0.352 e. The Morgan fingerprint density at radius 3 is 2.58 bits per heavy atom. The fraction of sp³-hybridized carbons (Fsp3) is 0.938. The van der Waals surface area contributed by atoms with Crippen LogP contribution in [0.2, 0.25) is 0 Å². The molecule has 2 N–H and O–H groups in total. The van der Waals surface area contributed by atoms with Crippen molar-refractivity contribution in [3.05, 3.63) is 0 Å². The molecular weight excluding hydrogens is 236 g/mol. The van der Waals surface area contributed by atoms with E-state index in [9.17, 15) is 4.79 Å². The Kier molecular flexibility index (Phi) is 4.11. The molecule has 1 amide bonds. The van der Waals surface area contributed by atoms with Crippen LogP contribution in [0.1, 0.15) is 64.7 Å². The third-order valence-electron chi connectivity index (χ3n) is 5.69. The van der Waals surface area contributed by atoms with Gasteiger partial charge in [-0.2, -0.15) is 0 Å². The molecule has 2 saturated carbocycles. The van der Waals surface area contributed by atoms with Gasteiger partial charge < -0.3 is 10.6 Å². The van der Waals surface area contributed by atoms with Crippen molar-refractivity contribution in [1.82, 2.24) is 10.6 Å². The van der Waals surface area contributed by atoms with E-state index in [1.54, 1.807) is 0 Å². The normalized spacial score (nSPS) is 37.0. The number of carbonyl (C=O) groups is 1. The van der Waals surface area contributed by atoms with Crippen LogP contribution < -0.4 is 10.6 Å². The van der Waals surface area contributed by atoms with Gasteiger partial charge in [-0.1, -0.05) is 19.3 Å². The van der Waals surface area contributed by atoms with Crippen LogP contribution in [0.15, 0.2) is 0 Å². The fourth-order valence-corrected chi connectivity index (χ4v) is 4.08. The molecule has 0 aromatic heterocycles. The zero-order chi connectivity index (χ0) is 13.2. The van der Waals surface area contributed by atoms with Gasteiger partial charge in [0.25, 0.3) is 0 Å². The van der Waals surface area contributed by atoms with Crippen molar-refractivity contribution in [2.24, 2.45) is 11.8 Å². The summed E-state index contributed by atoms with van der Waals surface area (Å²) < 4.78 is 0. The van der Waals surface area contributed by atoms with Gasteiger partial charge in [-0.3, -0.25) is 4.79 Å². The van der Waals surface area contributed by atoms with Gasteiger partial charge in [0.15, 0.2) is 0 Å². The summed E-state index contributed by atoms with van der Waals surface area (Å²) in [5.74, 6) is 1.82. The Morgan fingerprint density at radius 2 is 1.84 bits per heavy atom. The van der Waals surface area contributed by atoms with E-state index in [1.165, 1.54) is 51.4 Å². The van der Waals surface area contributed by atoms with Gasteiger partial charge in [0.2, 0.25) is 5.91 Å². The standard InChI is InChI=1S/C16H28N2O/c1-11(12-6-4-7-12)17-16(19)15-10-9-13-5-2-3-8-14(13)18-15/h11-15,18H,2-10H2,1H3,(H,17,19). The van der Waals surface area contributed by atoms with Gasteiger partial charge in [0, 0.05) is 12.1 Å². The zero-order valence-electron chi connectivity index (χ0n) is 12.2. The lowest BCUT2D eigenvalue weighted by Gasteiger charge is -2.40. The van der Waals surface area contributed by atoms with E-state index in [2.05, 4.69) is 17.6 Å². The first kappa shape index (κ1) is 13.4. The number of hydrogen-bond donors (Lipinski definition) is 2. The van der Waals surface area contributed by atoms with E-state index in [-0.39, 0.29) is 11.9 Å². The molecular formula is C16H28N2O. The monoisotopic (exact) mass is 264 g/mol. The molecule has 1 heterocycles. The van der Waals surface area contributed by atoms with E-state index in [1.807, 2.05) is 0 Å². The average Bonchev–Trinajstić information content (AvgIpc) is 2.36. The van der Waals surface area contributed by atoms with E-state index in [0.29, 0.717) is 12.1 Å². The predicted molar refractivity (Wildman–Crippen MR) is 76.8 cm³/mol. The Labute approximate surface area is 116 Å². The molecule has 3 aliphatic rings. The summed E-state index contributed by atoms with van der Waals surface area (Å²) in [7, 11) is 0. The smallest absolute Gasteiger partial charge is 0.237 e.